The van der Waals surface area contributed by atoms with Crippen LogP contribution in [0.25, 0.3) is 0 Å². The monoisotopic (exact) mass is 313 g/mol. The van der Waals surface area contributed by atoms with Crippen molar-refractivity contribution in [3.63, 3.8) is 0 Å². The summed E-state index contributed by atoms with van der Waals surface area (Å²) in [7, 11) is -1.61. The molecular formula is C15H23NO4S. The van der Waals surface area contributed by atoms with Crippen molar-refractivity contribution in [3.8, 4) is 0 Å². The number of sulfonamides is 1. The van der Waals surface area contributed by atoms with E-state index in [4.69, 9.17) is 9.84 Å². The molecule has 1 aromatic carbocycles. The highest BCUT2D eigenvalue weighted by Gasteiger charge is 2.28. The van der Waals surface area contributed by atoms with Crippen LogP contribution in [0.2, 0.25) is 0 Å². The van der Waals surface area contributed by atoms with E-state index in [1.807, 2.05) is 0 Å². The van der Waals surface area contributed by atoms with Gasteiger partial charge >= 0.3 is 0 Å². The first-order chi connectivity index (χ1) is 10.0. The quantitative estimate of drug-likeness (QED) is 0.861. The van der Waals surface area contributed by atoms with Gasteiger partial charge in [-0.1, -0.05) is 24.3 Å². The van der Waals surface area contributed by atoms with Crippen molar-refractivity contribution in [3.05, 3.63) is 35.4 Å². The van der Waals surface area contributed by atoms with E-state index in [1.165, 1.54) is 0 Å². The van der Waals surface area contributed by atoms with Crippen LogP contribution in [0.5, 0.6) is 0 Å². The van der Waals surface area contributed by atoms with Crippen molar-refractivity contribution in [2.45, 2.75) is 25.2 Å². The third-order valence-corrected chi connectivity index (χ3v) is 5.74. The molecule has 118 valence electrons. The lowest BCUT2D eigenvalue weighted by atomic mass is 9.99. The van der Waals surface area contributed by atoms with Gasteiger partial charge in [-0.2, -0.15) is 0 Å². The molecule has 0 bridgehead atoms. The lowest BCUT2D eigenvalue weighted by Crippen LogP contribution is -2.39. The lowest BCUT2D eigenvalue weighted by Gasteiger charge is -2.30. The van der Waals surface area contributed by atoms with E-state index in [1.54, 1.807) is 35.7 Å². The summed E-state index contributed by atoms with van der Waals surface area (Å²) in [4.78, 5) is 0. The standard InChI is InChI=1S/C15H23NO4S/c1-20-11-13-5-7-16(8-6-13)21(18,19)12-15-4-2-3-14(9-15)10-17/h2-4,9,13,17H,5-8,10-12H2,1H3. The number of piperidine rings is 1. The highest BCUT2D eigenvalue weighted by atomic mass is 32.2. The highest BCUT2D eigenvalue weighted by molar-refractivity contribution is 7.88. The molecule has 1 heterocycles. The molecule has 0 aliphatic carbocycles. The molecule has 0 radical (unpaired) electrons. The molecule has 0 spiro atoms. The van der Waals surface area contributed by atoms with Crippen LogP contribution in [0.4, 0.5) is 0 Å². The van der Waals surface area contributed by atoms with Crippen molar-refractivity contribution in [2.24, 2.45) is 5.92 Å². The molecule has 0 atom stereocenters. The van der Waals surface area contributed by atoms with E-state index in [9.17, 15) is 8.42 Å². The number of ether oxygens (including phenoxy) is 1. The Kier molecular flexibility index (Phi) is 5.75. The summed E-state index contributed by atoms with van der Waals surface area (Å²) in [6.45, 7) is 1.76. The molecule has 1 saturated heterocycles. The van der Waals surface area contributed by atoms with E-state index in [-0.39, 0.29) is 12.4 Å². The number of nitrogens with zero attached hydrogens (tertiary/aromatic N) is 1. The molecule has 0 saturated carbocycles. The van der Waals surface area contributed by atoms with Gasteiger partial charge in [0.2, 0.25) is 10.0 Å². The van der Waals surface area contributed by atoms with Crippen LogP contribution < -0.4 is 0 Å². The average molecular weight is 313 g/mol. The minimum Gasteiger partial charge on any atom is -0.392 e. The maximum atomic E-state index is 12.5. The molecule has 5 nitrogen and oxygen atoms in total. The number of hydrogen-bond donors (Lipinski definition) is 1. The molecule has 1 N–H and O–H groups in total. The topological polar surface area (TPSA) is 66.8 Å². The van der Waals surface area contributed by atoms with Crippen LogP contribution in [-0.2, 0) is 27.1 Å². The Morgan fingerprint density at radius 2 is 1.95 bits per heavy atom. The second-order valence-electron chi connectivity index (χ2n) is 5.53. The number of rotatable bonds is 6. The van der Waals surface area contributed by atoms with E-state index in [2.05, 4.69) is 0 Å². The Labute approximate surface area is 126 Å². The SMILES string of the molecule is COCC1CCN(S(=O)(=O)Cc2cccc(CO)c2)CC1. The summed E-state index contributed by atoms with van der Waals surface area (Å²) in [5, 5.41) is 9.12. The smallest absolute Gasteiger partial charge is 0.218 e. The Balaban J connectivity index is 1.99. The van der Waals surface area contributed by atoms with Crippen molar-refractivity contribution < 1.29 is 18.3 Å². The summed E-state index contributed by atoms with van der Waals surface area (Å²) < 4.78 is 31.6. The Hall–Kier alpha value is -0.950. The van der Waals surface area contributed by atoms with Gasteiger partial charge in [-0.15, -0.1) is 0 Å². The summed E-state index contributed by atoms with van der Waals surface area (Å²) in [5.74, 6) is 0.453. The zero-order valence-electron chi connectivity index (χ0n) is 12.4. The fourth-order valence-electron chi connectivity index (χ4n) is 2.71. The van der Waals surface area contributed by atoms with Gasteiger partial charge in [0.25, 0.3) is 0 Å². The first kappa shape index (κ1) is 16.4. The maximum Gasteiger partial charge on any atom is 0.218 e. The zero-order chi connectivity index (χ0) is 15.3. The van der Waals surface area contributed by atoms with Gasteiger partial charge < -0.3 is 9.84 Å². The number of aliphatic hydroxyl groups excluding tert-OH is 1. The molecule has 1 aromatic rings. The summed E-state index contributed by atoms with van der Waals surface area (Å²) >= 11 is 0. The van der Waals surface area contributed by atoms with Gasteiger partial charge in [-0.05, 0) is 29.9 Å². The molecule has 2 rings (SSSR count). The third-order valence-electron chi connectivity index (χ3n) is 3.89. The third kappa shape index (κ3) is 4.51. The van der Waals surface area contributed by atoms with Gasteiger partial charge in [-0.3, -0.25) is 0 Å². The van der Waals surface area contributed by atoms with Crippen molar-refractivity contribution in [1.82, 2.24) is 4.31 Å². The first-order valence-corrected chi connectivity index (χ1v) is 8.81. The normalized spacial score (nSPS) is 18.0. The van der Waals surface area contributed by atoms with Crippen LogP contribution in [0.1, 0.15) is 24.0 Å². The van der Waals surface area contributed by atoms with Crippen molar-refractivity contribution in [2.75, 3.05) is 26.8 Å². The van der Waals surface area contributed by atoms with Crippen LogP contribution in [-0.4, -0.2) is 44.6 Å². The fourth-order valence-corrected chi connectivity index (χ4v) is 4.26. The minimum atomic E-state index is -3.29. The Bertz CT molecular complexity index is 551. The second-order valence-corrected chi connectivity index (χ2v) is 7.50. The van der Waals surface area contributed by atoms with Crippen LogP contribution in [0, 0.1) is 5.92 Å². The molecule has 6 heteroatoms. The summed E-state index contributed by atoms with van der Waals surface area (Å²) in [6.07, 6.45) is 1.70. The van der Waals surface area contributed by atoms with E-state index >= 15 is 0 Å². The van der Waals surface area contributed by atoms with Crippen LogP contribution in [0.3, 0.4) is 0 Å². The molecule has 1 aliphatic rings. The van der Waals surface area contributed by atoms with Crippen molar-refractivity contribution >= 4 is 10.0 Å². The van der Waals surface area contributed by atoms with Gasteiger partial charge in [0.1, 0.15) is 0 Å². The lowest BCUT2D eigenvalue weighted by molar-refractivity contribution is 0.121. The average Bonchev–Trinajstić information content (AvgIpc) is 2.48. The first-order valence-electron chi connectivity index (χ1n) is 7.20. The van der Waals surface area contributed by atoms with Gasteiger partial charge in [-0.25, -0.2) is 12.7 Å². The number of hydrogen-bond acceptors (Lipinski definition) is 4. The summed E-state index contributed by atoms with van der Waals surface area (Å²) in [5.41, 5.74) is 1.46. The number of benzene rings is 1. The molecule has 0 aromatic heterocycles. The predicted molar refractivity (Wildman–Crippen MR) is 81.2 cm³/mol. The molecular weight excluding hydrogens is 290 g/mol. The second kappa shape index (κ2) is 7.35. The molecule has 0 unspecified atom stereocenters. The van der Waals surface area contributed by atoms with Crippen molar-refractivity contribution in [1.29, 1.82) is 0 Å². The Morgan fingerprint density at radius 3 is 2.57 bits per heavy atom. The maximum absolute atomic E-state index is 12.5. The Morgan fingerprint density at radius 1 is 1.29 bits per heavy atom. The molecule has 0 amide bonds. The van der Waals surface area contributed by atoms with Crippen LogP contribution >= 0.6 is 0 Å². The molecule has 1 fully saturated rings. The zero-order valence-corrected chi connectivity index (χ0v) is 13.2. The highest BCUT2D eigenvalue weighted by Crippen LogP contribution is 2.22. The van der Waals surface area contributed by atoms with E-state index < -0.39 is 10.0 Å². The van der Waals surface area contributed by atoms with E-state index in [0.29, 0.717) is 25.6 Å². The number of methoxy groups -OCH3 is 1. The van der Waals surface area contributed by atoms with Crippen LogP contribution in [0.15, 0.2) is 24.3 Å². The fraction of sp³-hybridized carbons (Fsp3) is 0.600. The van der Waals surface area contributed by atoms with Gasteiger partial charge in [0.05, 0.1) is 12.4 Å². The van der Waals surface area contributed by atoms with E-state index in [0.717, 1.165) is 24.0 Å². The number of aliphatic hydroxyl groups is 1. The predicted octanol–water partition coefficient (Wildman–Crippen LogP) is 1.37. The minimum absolute atomic E-state index is 0.00418. The molecule has 1 aliphatic heterocycles. The van der Waals surface area contributed by atoms with Gasteiger partial charge in [0, 0.05) is 26.8 Å². The van der Waals surface area contributed by atoms with Gasteiger partial charge in [0.15, 0.2) is 0 Å². The summed E-state index contributed by atoms with van der Waals surface area (Å²) in [6, 6.07) is 7.09. The molecule has 21 heavy (non-hydrogen) atoms. The largest absolute Gasteiger partial charge is 0.392 e.